The van der Waals surface area contributed by atoms with Crippen molar-refractivity contribution in [3.63, 3.8) is 0 Å². The number of hydrogen-bond donors (Lipinski definition) is 1. The van der Waals surface area contributed by atoms with Gasteiger partial charge in [-0.3, -0.25) is 4.55 Å². The fraction of sp³-hybridized carbons (Fsp3) is 0.455. The van der Waals surface area contributed by atoms with Gasteiger partial charge in [0.15, 0.2) is 0 Å². The first-order chi connectivity index (χ1) is 7.51. The van der Waals surface area contributed by atoms with Crippen LogP contribution in [0.2, 0.25) is 0 Å². The van der Waals surface area contributed by atoms with Gasteiger partial charge in [-0.25, -0.2) is 0 Å². The average molecular weight is 244 g/mol. The lowest BCUT2D eigenvalue weighted by molar-refractivity contribution is 0.316. The van der Waals surface area contributed by atoms with E-state index < -0.39 is 10.1 Å². The summed E-state index contributed by atoms with van der Waals surface area (Å²) in [5, 5.41) is 0. The molecule has 90 valence electrons. The van der Waals surface area contributed by atoms with Crippen LogP contribution in [-0.2, 0) is 16.5 Å². The molecule has 0 aromatic heterocycles. The number of benzene rings is 1. The predicted molar refractivity (Wildman–Crippen MR) is 62.3 cm³/mol. The highest BCUT2D eigenvalue weighted by atomic mass is 32.2. The molecule has 0 bridgehead atoms. The second kappa shape index (κ2) is 5.86. The largest absolute Gasteiger partial charge is 0.494 e. The second-order valence-corrected chi connectivity index (χ2v) is 5.06. The van der Waals surface area contributed by atoms with Gasteiger partial charge in [0.1, 0.15) is 5.75 Å². The summed E-state index contributed by atoms with van der Waals surface area (Å²) in [4.78, 5) is 0. The van der Waals surface area contributed by atoms with Gasteiger partial charge in [-0.1, -0.05) is 19.1 Å². The zero-order chi connectivity index (χ0) is 12.0. The molecule has 0 saturated heterocycles. The molecule has 0 atom stereocenters. The number of aryl methyl sites for hydroxylation is 1. The Morgan fingerprint density at radius 3 is 2.38 bits per heavy atom. The van der Waals surface area contributed by atoms with Crippen molar-refractivity contribution in [1.29, 1.82) is 0 Å². The molecule has 5 heteroatoms. The smallest absolute Gasteiger partial charge is 0.264 e. The second-order valence-electron chi connectivity index (χ2n) is 3.49. The van der Waals surface area contributed by atoms with Gasteiger partial charge in [0.2, 0.25) is 0 Å². The third kappa shape index (κ3) is 5.14. The van der Waals surface area contributed by atoms with Gasteiger partial charge in [-0.05, 0) is 30.5 Å². The van der Waals surface area contributed by atoms with E-state index in [-0.39, 0.29) is 18.8 Å². The van der Waals surface area contributed by atoms with Crippen LogP contribution in [0.15, 0.2) is 24.3 Å². The van der Waals surface area contributed by atoms with E-state index in [0.29, 0.717) is 5.75 Å². The Kier molecular flexibility index (Phi) is 4.76. The highest BCUT2D eigenvalue weighted by Gasteiger charge is 2.03. The SMILES string of the molecule is CCc1ccc(OCCCS(=O)(=O)O)cc1. The van der Waals surface area contributed by atoms with Crippen molar-refractivity contribution in [3.8, 4) is 5.75 Å². The molecule has 1 N–H and O–H groups in total. The lowest BCUT2D eigenvalue weighted by atomic mass is 10.2. The number of ether oxygens (including phenoxy) is 1. The summed E-state index contributed by atoms with van der Waals surface area (Å²) < 4.78 is 34.7. The van der Waals surface area contributed by atoms with Crippen LogP contribution in [0.1, 0.15) is 18.9 Å². The maximum Gasteiger partial charge on any atom is 0.264 e. The summed E-state index contributed by atoms with van der Waals surface area (Å²) in [7, 11) is -3.87. The highest BCUT2D eigenvalue weighted by Crippen LogP contribution is 2.12. The molecular weight excluding hydrogens is 228 g/mol. The van der Waals surface area contributed by atoms with E-state index in [1.54, 1.807) is 0 Å². The van der Waals surface area contributed by atoms with Crippen molar-refractivity contribution in [2.75, 3.05) is 12.4 Å². The molecular formula is C11H16O4S. The first kappa shape index (κ1) is 13.0. The van der Waals surface area contributed by atoms with Crippen LogP contribution in [0.4, 0.5) is 0 Å². The molecule has 0 aliphatic carbocycles. The van der Waals surface area contributed by atoms with Crippen molar-refractivity contribution in [1.82, 2.24) is 0 Å². The summed E-state index contributed by atoms with van der Waals surface area (Å²) >= 11 is 0. The van der Waals surface area contributed by atoms with Gasteiger partial charge in [0.05, 0.1) is 12.4 Å². The van der Waals surface area contributed by atoms with Crippen molar-refractivity contribution < 1.29 is 17.7 Å². The summed E-state index contributed by atoms with van der Waals surface area (Å²) in [5.74, 6) is 0.451. The first-order valence-electron chi connectivity index (χ1n) is 5.18. The molecule has 0 radical (unpaired) electrons. The van der Waals surface area contributed by atoms with Crippen molar-refractivity contribution in [3.05, 3.63) is 29.8 Å². The van der Waals surface area contributed by atoms with Crippen molar-refractivity contribution in [2.24, 2.45) is 0 Å². The number of hydrogen-bond acceptors (Lipinski definition) is 3. The van der Waals surface area contributed by atoms with Crippen LogP contribution in [0, 0.1) is 0 Å². The van der Waals surface area contributed by atoms with Crippen LogP contribution in [0.3, 0.4) is 0 Å². The van der Waals surface area contributed by atoms with E-state index in [4.69, 9.17) is 9.29 Å². The molecule has 0 aliphatic rings. The Balaban J connectivity index is 2.32. The Bertz CT molecular complexity index is 408. The van der Waals surface area contributed by atoms with Crippen LogP contribution in [0.25, 0.3) is 0 Å². The van der Waals surface area contributed by atoms with Crippen LogP contribution < -0.4 is 4.74 Å². The molecule has 1 rings (SSSR count). The van der Waals surface area contributed by atoms with E-state index in [1.165, 1.54) is 5.56 Å². The van der Waals surface area contributed by atoms with Crippen LogP contribution in [-0.4, -0.2) is 25.3 Å². The summed E-state index contributed by atoms with van der Waals surface area (Å²) in [6.07, 6.45) is 1.26. The lowest BCUT2D eigenvalue weighted by Crippen LogP contribution is -2.08. The molecule has 0 aliphatic heterocycles. The zero-order valence-electron chi connectivity index (χ0n) is 9.22. The van der Waals surface area contributed by atoms with E-state index in [1.807, 2.05) is 24.3 Å². The third-order valence-electron chi connectivity index (χ3n) is 2.15. The molecule has 0 saturated carbocycles. The molecule has 0 unspecified atom stereocenters. The fourth-order valence-corrected chi connectivity index (χ4v) is 1.74. The van der Waals surface area contributed by atoms with Crippen LogP contribution in [0.5, 0.6) is 5.75 Å². The molecule has 1 aromatic carbocycles. The Hall–Kier alpha value is -1.07. The van der Waals surface area contributed by atoms with Crippen molar-refractivity contribution >= 4 is 10.1 Å². The first-order valence-corrected chi connectivity index (χ1v) is 6.79. The topological polar surface area (TPSA) is 63.6 Å². The minimum Gasteiger partial charge on any atom is -0.494 e. The summed E-state index contributed by atoms with van der Waals surface area (Å²) in [5.41, 5.74) is 1.23. The van der Waals surface area contributed by atoms with E-state index >= 15 is 0 Å². The summed E-state index contributed by atoms with van der Waals surface area (Å²) in [6.45, 7) is 2.35. The predicted octanol–water partition coefficient (Wildman–Crippen LogP) is 1.91. The molecule has 1 aromatic rings. The maximum absolute atomic E-state index is 10.4. The van der Waals surface area contributed by atoms with Gasteiger partial charge in [-0.2, -0.15) is 8.42 Å². The normalized spacial score (nSPS) is 11.4. The summed E-state index contributed by atoms with van der Waals surface area (Å²) in [6, 6.07) is 7.65. The zero-order valence-corrected chi connectivity index (χ0v) is 10.0. The monoisotopic (exact) mass is 244 g/mol. The Morgan fingerprint density at radius 2 is 1.88 bits per heavy atom. The van der Waals surface area contributed by atoms with Gasteiger partial charge >= 0.3 is 0 Å². The average Bonchev–Trinajstić information content (AvgIpc) is 2.24. The maximum atomic E-state index is 10.4. The highest BCUT2D eigenvalue weighted by molar-refractivity contribution is 7.85. The minimum atomic E-state index is -3.87. The number of rotatable bonds is 6. The quantitative estimate of drug-likeness (QED) is 0.613. The van der Waals surface area contributed by atoms with E-state index in [0.717, 1.165) is 6.42 Å². The molecule has 0 amide bonds. The Labute approximate surface area is 96.0 Å². The molecule has 16 heavy (non-hydrogen) atoms. The standard InChI is InChI=1S/C11H16O4S/c1-2-10-4-6-11(7-5-10)15-8-3-9-16(12,13)14/h4-7H,2-3,8-9H2,1H3,(H,12,13,14). The lowest BCUT2D eigenvalue weighted by Gasteiger charge is -2.05. The fourth-order valence-electron chi connectivity index (χ4n) is 1.25. The molecule has 0 fully saturated rings. The Morgan fingerprint density at radius 1 is 1.25 bits per heavy atom. The van der Waals surface area contributed by atoms with Gasteiger partial charge in [-0.15, -0.1) is 0 Å². The van der Waals surface area contributed by atoms with E-state index in [2.05, 4.69) is 6.92 Å². The third-order valence-corrected chi connectivity index (χ3v) is 2.95. The molecule has 0 heterocycles. The van der Waals surface area contributed by atoms with Gasteiger partial charge in [0, 0.05) is 0 Å². The minimum absolute atomic E-state index is 0.264. The molecule has 0 spiro atoms. The molecule has 4 nitrogen and oxygen atoms in total. The van der Waals surface area contributed by atoms with E-state index in [9.17, 15) is 8.42 Å². The van der Waals surface area contributed by atoms with Crippen molar-refractivity contribution in [2.45, 2.75) is 19.8 Å². The van der Waals surface area contributed by atoms with Gasteiger partial charge < -0.3 is 4.74 Å². The van der Waals surface area contributed by atoms with Gasteiger partial charge in [0.25, 0.3) is 10.1 Å². The van der Waals surface area contributed by atoms with Crippen LogP contribution >= 0.6 is 0 Å².